The van der Waals surface area contributed by atoms with E-state index in [1.807, 2.05) is 25.7 Å². The molecule has 1 N–H and O–H groups in total. The summed E-state index contributed by atoms with van der Waals surface area (Å²) in [7, 11) is 1.72. The summed E-state index contributed by atoms with van der Waals surface area (Å²) in [4.78, 5) is 14.0. The van der Waals surface area contributed by atoms with Gasteiger partial charge in [-0.3, -0.25) is 0 Å². The number of piperidine rings is 1. The molecule has 1 amide bonds. The maximum atomic E-state index is 12.2. The molecule has 1 saturated heterocycles. The number of ether oxygens (including phenoxy) is 2. The lowest BCUT2D eigenvalue weighted by Gasteiger charge is -2.36. The Hall–Kier alpha value is -1.75. The van der Waals surface area contributed by atoms with Crippen molar-refractivity contribution >= 4 is 6.09 Å². The van der Waals surface area contributed by atoms with Crippen LogP contribution in [0.4, 0.5) is 4.79 Å². The van der Waals surface area contributed by atoms with E-state index >= 15 is 0 Å². The van der Waals surface area contributed by atoms with Crippen molar-refractivity contribution in [3.63, 3.8) is 0 Å². The van der Waals surface area contributed by atoms with E-state index in [-0.39, 0.29) is 6.09 Å². The molecule has 1 fully saturated rings. The van der Waals surface area contributed by atoms with Crippen molar-refractivity contribution in [1.29, 1.82) is 0 Å². The molecule has 5 heteroatoms. The van der Waals surface area contributed by atoms with Crippen molar-refractivity contribution in [2.75, 3.05) is 20.2 Å². The first kappa shape index (κ1) is 19.0. The third kappa shape index (κ3) is 4.91. The lowest BCUT2D eigenvalue weighted by molar-refractivity contribution is 0.0195. The quantitative estimate of drug-likeness (QED) is 0.896. The number of aryl methyl sites for hydroxylation is 1. The van der Waals surface area contributed by atoms with Gasteiger partial charge >= 0.3 is 6.09 Å². The molecule has 1 aromatic carbocycles. The van der Waals surface area contributed by atoms with Crippen LogP contribution in [-0.2, 0) is 17.6 Å². The highest BCUT2D eigenvalue weighted by atomic mass is 16.6. The normalized spacial score (nSPS) is 21.2. The van der Waals surface area contributed by atoms with Gasteiger partial charge in [0.05, 0.1) is 7.11 Å². The number of nitrogens with one attached hydrogen (secondary N) is 1. The van der Waals surface area contributed by atoms with Gasteiger partial charge in [-0.05, 0) is 76.1 Å². The molecule has 1 aliphatic carbocycles. The Labute approximate surface area is 157 Å². The zero-order valence-corrected chi connectivity index (χ0v) is 16.5. The molecule has 144 valence electrons. The molecule has 5 nitrogen and oxygen atoms in total. The SMILES string of the molecule is COc1ccc2c(c1)C[C@H](NC1CCN(C(=O)OC(C)(C)C)CC1)CC2. The zero-order chi connectivity index (χ0) is 18.7. The largest absolute Gasteiger partial charge is 0.497 e. The number of fused-ring (bicyclic) bond motifs is 1. The van der Waals surface area contributed by atoms with Crippen LogP contribution in [0.15, 0.2) is 18.2 Å². The monoisotopic (exact) mass is 360 g/mol. The highest BCUT2D eigenvalue weighted by Crippen LogP contribution is 2.26. The van der Waals surface area contributed by atoms with E-state index in [4.69, 9.17) is 9.47 Å². The summed E-state index contributed by atoms with van der Waals surface area (Å²) in [5.74, 6) is 0.940. The minimum Gasteiger partial charge on any atom is -0.497 e. The van der Waals surface area contributed by atoms with Crippen LogP contribution in [0.1, 0.15) is 51.2 Å². The maximum absolute atomic E-state index is 12.2. The van der Waals surface area contributed by atoms with E-state index in [1.165, 1.54) is 17.5 Å². The van der Waals surface area contributed by atoms with Gasteiger partial charge in [0, 0.05) is 25.2 Å². The lowest BCUT2D eigenvalue weighted by atomic mass is 9.87. The third-order valence-corrected chi connectivity index (χ3v) is 5.26. The number of hydrogen-bond acceptors (Lipinski definition) is 4. The summed E-state index contributed by atoms with van der Waals surface area (Å²) < 4.78 is 10.8. The summed E-state index contributed by atoms with van der Waals surface area (Å²) in [6, 6.07) is 7.41. The fourth-order valence-corrected chi connectivity index (χ4v) is 3.89. The average molecular weight is 360 g/mol. The van der Waals surface area contributed by atoms with Gasteiger partial charge in [-0.1, -0.05) is 6.07 Å². The first-order chi connectivity index (χ1) is 12.3. The summed E-state index contributed by atoms with van der Waals surface area (Å²) in [6.07, 6.45) is 5.13. The standard InChI is InChI=1S/C21H32N2O3/c1-21(2,3)26-20(24)23-11-9-17(10-12-23)22-18-7-5-15-6-8-19(25-4)14-16(15)13-18/h6,8,14,17-18,22H,5,7,9-13H2,1-4H3/t18-/m1/s1. The molecule has 1 aromatic rings. The highest BCUT2D eigenvalue weighted by Gasteiger charge is 2.28. The number of carbonyl (C=O) groups excluding carboxylic acids is 1. The number of amides is 1. The number of nitrogens with zero attached hydrogens (tertiary/aromatic N) is 1. The van der Waals surface area contributed by atoms with Gasteiger partial charge in [0.2, 0.25) is 0 Å². The van der Waals surface area contributed by atoms with Crippen LogP contribution >= 0.6 is 0 Å². The van der Waals surface area contributed by atoms with Crippen LogP contribution in [0.5, 0.6) is 5.75 Å². The fraction of sp³-hybridized carbons (Fsp3) is 0.667. The minimum absolute atomic E-state index is 0.186. The molecule has 0 aromatic heterocycles. The van der Waals surface area contributed by atoms with E-state index in [0.717, 1.165) is 44.5 Å². The molecule has 1 heterocycles. The van der Waals surface area contributed by atoms with E-state index in [0.29, 0.717) is 12.1 Å². The van der Waals surface area contributed by atoms with Crippen LogP contribution in [0, 0.1) is 0 Å². The number of hydrogen-bond donors (Lipinski definition) is 1. The summed E-state index contributed by atoms with van der Waals surface area (Å²) >= 11 is 0. The van der Waals surface area contributed by atoms with Gasteiger partial charge < -0.3 is 19.7 Å². The van der Waals surface area contributed by atoms with Crippen LogP contribution in [-0.4, -0.2) is 48.9 Å². The Balaban J connectivity index is 1.48. The molecule has 1 aliphatic heterocycles. The zero-order valence-electron chi connectivity index (χ0n) is 16.5. The molecular formula is C21H32N2O3. The average Bonchev–Trinajstić information content (AvgIpc) is 2.60. The molecule has 0 radical (unpaired) electrons. The van der Waals surface area contributed by atoms with Crippen molar-refractivity contribution in [3.05, 3.63) is 29.3 Å². The predicted molar refractivity (Wildman–Crippen MR) is 103 cm³/mol. The van der Waals surface area contributed by atoms with E-state index in [2.05, 4.69) is 23.5 Å². The second-order valence-electron chi connectivity index (χ2n) is 8.48. The molecule has 0 spiro atoms. The molecule has 0 bridgehead atoms. The number of methoxy groups -OCH3 is 1. The summed E-state index contributed by atoms with van der Waals surface area (Å²) in [5, 5.41) is 3.82. The van der Waals surface area contributed by atoms with Crippen molar-refractivity contribution in [2.45, 2.75) is 70.6 Å². The van der Waals surface area contributed by atoms with Crippen LogP contribution in [0.25, 0.3) is 0 Å². The van der Waals surface area contributed by atoms with Crippen molar-refractivity contribution in [3.8, 4) is 5.75 Å². The number of benzene rings is 1. The molecule has 0 saturated carbocycles. The Morgan fingerprint density at radius 3 is 2.50 bits per heavy atom. The first-order valence-electron chi connectivity index (χ1n) is 9.74. The van der Waals surface area contributed by atoms with Gasteiger partial charge in [0.1, 0.15) is 11.4 Å². The van der Waals surface area contributed by atoms with Gasteiger partial charge in [0.25, 0.3) is 0 Å². The first-order valence-corrected chi connectivity index (χ1v) is 9.74. The second kappa shape index (κ2) is 7.87. The summed E-state index contributed by atoms with van der Waals surface area (Å²) in [5.41, 5.74) is 2.42. The van der Waals surface area contributed by atoms with Crippen LogP contribution in [0.2, 0.25) is 0 Å². The third-order valence-electron chi connectivity index (χ3n) is 5.26. The Morgan fingerprint density at radius 1 is 1.12 bits per heavy atom. The van der Waals surface area contributed by atoms with E-state index < -0.39 is 5.60 Å². The lowest BCUT2D eigenvalue weighted by Crippen LogP contribution is -2.49. The Bertz CT molecular complexity index is 631. The summed E-state index contributed by atoms with van der Waals surface area (Å²) in [6.45, 7) is 7.27. The number of rotatable bonds is 3. The highest BCUT2D eigenvalue weighted by molar-refractivity contribution is 5.68. The van der Waals surface area contributed by atoms with Crippen LogP contribution < -0.4 is 10.1 Å². The topological polar surface area (TPSA) is 50.8 Å². The maximum Gasteiger partial charge on any atom is 0.410 e. The molecule has 3 rings (SSSR count). The minimum atomic E-state index is -0.428. The van der Waals surface area contributed by atoms with Gasteiger partial charge in [-0.15, -0.1) is 0 Å². The van der Waals surface area contributed by atoms with Crippen molar-refractivity contribution in [2.24, 2.45) is 0 Å². The number of carbonyl (C=O) groups is 1. The molecule has 1 atom stereocenters. The fourth-order valence-electron chi connectivity index (χ4n) is 3.89. The predicted octanol–water partition coefficient (Wildman–Crippen LogP) is 3.54. The molecular weight excluding hydrogens is 328 g/mol. The van der Waals surface area contributed by atoms with Gasteiger partial charge in [0.15, 0.2) is 0 Å². The molecule has 2 aliphatic rings. The van der Waals surface area contributed by atoms with Gasteiger partial charge in [-0.2, -0.15) is 0 Å². The van der Waals surface area contributed by atoms with Crippen molar-refractivity contribution < 1.29 is 14.3 Å². The second-order valence-corrected chi connectivity index (χ2v) is 8.48. The Kier molecular flexibility index (Phi) is 5.76. The van der Waals surface area contributed by atoms with Crippen LogP contribution in [0.3, 0.4) is 0 Å². The Morgan fingerprint density at radius 2 is 1.85 bits per heavy atom. The van der Waals surface area contributed by atoms with Gasteiger partial charge in [-0.25, -0.2) is 4.79 Å². The van der Waals surface area contributed by atoms with E-state index in [1.54, 1.807) is 7.11 Å². The molecule has 26 heavy (non-hydrogen) atoms. The van der Waals surface area contributed by atoms with Crippen molar-refractivity contribution in [1.82, 2.24) is 10.2 Å². The smallest absolute Gasteiger partial charge is 0.410 e. The number of likely N-dealkylation sites (tertiary alicyclic amines) is 1. The van der Waals surface area contributed by atoms with E-state index in [9.17, 15) is 4.79 Å². The molecule has 0 unspecified atom stereocenters.